The molecule has 4 heteroatoms. The van der Waals surface area contributed by atoms with Crippen LogP contribution >= 0.6 is 0 Å². The molecule has 0 spiro atoms. The van der Waals surface area contributed by atoms with E-state index in [1.807, 2.05) is 48.5 Å². The predicted molar refractivity (Wildman–Crippen MR) is 213 cm³/mol. The van der Waals surface area contributed by atoms with Gasteiger partial charge in [-0.1, -0.05) is 71.4 Å². The number of aryl methyl sites for hydroxylation is 2. The van der Waals surface area contributed by atoms with Crippen LogP contribution in [-0.2, 0) is 5.41 Å². The second-order valence-corrected chi connectivity index (χ2v) is 17.4. The number of hydrogen-bond donors (Lipinski definition) is 2. The van der Waals surface area contributed by atoms with E-state index >= 15 is 0 Å². The molecule has 1 unspecified atom stereocenters. The molecule has 3 aliphatic rings. The summed E-state index contributed by atoms with van der Waals surface area (Å²) < 4.78 is 13.5. The summed E-state index contributed by atoms with van der Waals surface area (Å²) in [4.78, 5) is 0. The van der Waals surface area contributed by atoms with Crippen molar-refractivity contribution in [1.29, 1.82) is 0 Å². The van der Waals surface area contributed by atoms with Crippen molar-refractivity contribution < 1.29 is 9.47 Å². The van der Waals surface area contributed by atoms with Gasteiger partial charge < -0.3 is 20.9 Å². The summed E-state index contributed by atoms with van der Waals surface area (Å²) >= 11 is 0. The Labute approximate surface area is 307 Å². The fourth-order valence-electron chi connectivity index (χ4n) is 10.5. The molecule has 51 heavy (non-hydrogen) atoms. The van der Waals surface area contributed by atoms with E-state index < -0.39 is 0 Å². The lowest BCUT2D eigenvalue weighted by molar-refractivity contribution is 0.126. The average Bonchev–Trinajstić information content (AvgIpc) is 3.10. The van der Waals surface area contributed by atoms with Crippen LogP contribution < -0.4 is 20.9 Å². The van der Waals surface area contributed by atoms with Crippen LogP contribution in [-0.4, -0.2) is 0 Å². The molecule has 0 heterocycles. The lowest BCUT2D eigenvalue weighted by atomic mass is 9.54. The zero-order valence-corrected chi connectivity index (χ0v) is 31.8. The van der Waals surface area contributed by atoms with Crippen LogP contribution in [0.15, 0.2) is 72.8 Å². The Balaban J connectivity index is 1.41. The first-order chi connectivity index (χ1) is 24.5. The average molecular weight is 685 g/mol. The third-order valence-electron chi connectivity index (χ3n) is 12.4. The van der Waals surface area contributed by atoms with Crippen LogP contribution in [0.5, 0.6) is 23.0 Å². The molecule has 0 saturated heterocycles. The highest BCUT2D eigenvalue weighted by molar-refractivity contribution is 5.57. The lowest BCUT2D eigenvalue weighted by Crippen LogP contribution is -2.42. The number of anilines is 2. The smallest absolute Gasteiger partial charge is 0.131 e. The van der Waals surface area contributed by atoms with Gasteiger partial charge in [0, 0.05) is 16.8 Å². The second kappa shape index (κ2) is 14.6. The fraction of sp³-hybridized carbons (Fsp3) is 0.489. The van der Waals surface area contributed by atoms with Gasteiger partial charge in [-0.15, -0.1) is 0 Å². The molecule has 4 aromatic rings. The second-order valence-electron chi connectivity index (χ2n) is 17.4. The minimum atomic E-state index is -0.123. The Morgan fingerprint density at radius 1 is 0.569 bits per heavy atom. The first kappa shape index (κ1) is 35.5. The van der Waals surface area contributed by atoms with Crippen molar-refractivity contribution >= 4 is 11.4 Å². The summed E-state index contributed by atoms with van der Waals surface area (Å²) in [6.45, 7) is 12.2. The summed E-state index contributed by atoms with van der Waals surface area (Å²) in [5, 5.41) is 0. The molecule has 3 aliphatic carbocycles. The van der Waals surface area contributed by atoms with Gasteiger partial charge in [0.25, 0.3) is 0 Å². The highest BCUT2D eigenvalue weighted by Crippen LogP contribution is 2.57. The maximum Gasteiger partial charge on any atom is 0.131 e. The quantitative estimate of drug-likeness (QED) is 0.181. The molecule has 7 rings (SSSR count). The molecule has 4 nitrogen and oxygen atoms in total. The summed E-state index contributed by atoms with van der Waals surface area (Å²) in [6.07, 6.45) is 16.2. The minimum Gasteiger partial charge on any atom is -0.457 e. The van der Waals surface area contributed by atoms with Gasteiger partial charge in [-0.25, -0.2) is 0 Å². The molecule has 1 atom stereocenters. The Hall–Kier alpha value is -3.92. The van der Waals surface area contributed by atoms with E-state index in [9.17, 15) is 0 Å². The normalized spacial score (nSPS) is 20.9. The van der Waals surface area contributed by atoms with Crippen LogP contribution in [0.3, 0.4) is 0 Å². The highest BCUT2D eigenvalue weighted by atomic mass is 16.5. The summed E-state index contributed by atoms with van der Waals surface area (Å²) in [7, 11) is 0. The minimum absolute atomic E-state index is 0.123. The number of ether oxygens (including phenoxy) is 2. The van der Waals surface area contributed by atoms with Gasteiger partial charge in [-0.2, -0.15) is 0 Å². The maximum absolute atomic E-state index is 6.76. The standard InChI is InChI=1S/C47H60N2O2/c1-31-28-46(4,5)30-47(29-31,42-26-40(34-12-8-6-9-13-34)44(24-32(42)2)50-38-20-16-36(48)17-21-38)43-27-41(35-14-10-7-11-15-35)45(25-33(43)3)51-39-22-18-37(49)19-23-39/h16-27,31,34-35H,6-15,28-30,48-49H2,1-5H3. The topological polar surface area (TPSA) is 70.5 Å². The number of hydrogen-bond acceptors (Lipinski definition) is 4. The summed E-state index contributed by atoms with van der Waals surface area (Å²) in [5.41, 5.74) is 22.1. The van der Waals surface area contributed by atoms with Gasteiger partial charge in [0.1, 0.15) is 23.0 Å². The molecule has 0 aliphatic heterocycles. The number of rotatable bonds is 8. The molecule has 3 fully saturated rings. The Bertz CT molecular complexity index is 1690. The van der Waals surface area contributed by atoms with E-state index in [0.717, 1.165) is 47.2 Å². The van der Waals surface area contributed by atoms with Crippen LogP contribution in [0.1, 0.15) is 149 Å². The SMILES string of the molecule is Cc1cc(Oc2ccc(N)cc2)c(C2CCCCC2)cc1C1(c2cc(C3CCCCC3)c(Oc3ccc(N)cc3)cc2C)CC(C)CC(C)(C)C1. The largest absolute Gasteiger partial charge is 0.457 e. The molecule has 4 N–H and O–H groups in total. The Kier molecular flexibility index (Phi) is 10.2. The molecular weight excluding hydrogens is 625 g/mol. The van der Waals surface area contributed by atoms with Crippen molar-refractivity contribution in [2.24, 2.45) is 11.3 Å². The van der Waals surface area contributed by atoms with E-state index in [1.54, 1.807) is 0 Å². The van der Waals surface area contributed by atoms with E-state index in [1.165, 1.54) is 104 Å². The van der Waals surface area contributed by atoms with Crippen LogP contribution in [0.4, 0.5) is 11.4 Å². The van der Waals surface area contributed by atoms with E-state index in [4.69, 9.17) is 20.9 Å². The summed E-state index contributed by atoms with van der Waals surface area (Å²) in [6, 6.07) is 25.7. The molecule has 3 saturated carbocycles. The molecule has 4 aromatic carbocycles. The van der Waals surface area contributed by atoms with Crippen molar-refractivity contribution in [3.8, 4) is 23.0 Å². The maximum atomic E-state index is 6.76. The van der Waals surface area contributed by atoms with Gasteiger partial charge in [0.15, 0.2) is 0 Å². The number of nitrogens with two attached hydrogens (primary N) is 2. The zero-order chi connectivity index (χ0) is 35.8. The van der Waals surface area contributed by atoms with Crippen molar-refractivity contribution in [3.63, 3.8) is 0 Å². The van der Waals surface area contributed by atoms with Crippen molar-refractivity contribution in [3.05, 3.63) is 106 Å². The van der Waals surface area contributed by atoms with Crippen molar-refractivity contribution in [1.82, 2.24) is 0 Å². The van der Waals surface area contributed by atoms with Gasteiger partial charge in [-0.05, 0) is 176 Å². The highest BCUT2D eigenvalue weighted by Gasteiger charge is 2.47. The third kappa shape index (κ3) is 7.66. The third-order valence-corrected chi connectivity index (χ3v) is 12.4. The van der Waals surface area contributed by atoms with Crippen LogP contribution in [0, 0.1) is 25.2 Å². The predicted octanol–water partition coefficient (Wildman–Crippen LogP) is 13.3. The molecular formula is C47H60N2O2. The molecule has 0 radical (unpaired) electrons. The van der Waals surface area contributed by atoms with Gasteiger partial charge in [-0.3, -0.25) is 0 Å². The molecule has 0 bridgehead atoms. The first-order valence-corrected chi connectivity index (χ1v) is 19.9. The monoisotopic (exact) mass is 684 g/mol. The fourth-order valence-corrected chi connectivity index (χ4v) is 10.5. The van der Waals surface area contributed by atoms with Crippen LogP contribution in [0.2, 0.25) is 0 Å². The van der Waals surface area contributed by atoms with E-state index in [-0.39, 0.29) is 10.8 Å². The Morgan fingerprint density at radius 2 is 0.980 bits per heavy atom. The van der Waals surface area contributed by atoms with E-state index in [0.29, 0.717) is 17.8 Å². The number of benzene rings is 4. The lowest BCUT2D eigenvalue weighted by Gasteiger charge is -2.50. The van der Waals surface area contributed by atoms with Crippen molar-refractivity contribution in [2.75, 3.05) is 11.5 Å². The van der Waals surface area contributed by atoms with Gasteiger partial charge in [0.05, 0.1) is 0 Å². The summed E-state index contributed by atoms with van der Waals surface area (Å²) in [5.74, 6) is 5.32. The Morgan fingerprint density at radius 3 is 1.37 bits per heavy atom. The zero-order valence-electron chi connectivity index (χ0n) is 31.8. The van der Waals surface area contributed by atoms with E-state index in [2.05, 4.69) is 58.9 Å². The molecule has 0 aromatic heterocycles. The van der Waals surface area contributed by atoms with Gasteiger partial charge in [0.2, 0.25) is 0 Å². The first-order valence-electron chi connectivity index (χ1n) is 19.9. The molecule has 270 valence electrons. The van der Waals surface area contributed by atoms with Gasteiger partial charge >= 0.3 is 0 Å². The van der Waals surface area contributed by atoms with Crippen molar-refractivity contribution in [2.45, 2.75) is 135 Å². The molecule has 0 amide bonds. The number of nitrogen functional groups attached to an aromatic ring is 2. The van der Waals surface area contributed by atoms with Crippen LogP contribution in [0.25, 0.3) is 0 Å².